The second-order valence-corrected chi connectivity index (χ2v) is 5.85. The Morgan fingerprint density at radius 2 is 2.00 bits per heavy atom. The van der Waals surface area contributed by atoms with Gasteiger partial charge in [-0.1, -0.05) is 0 Å². The summed E-state index contributed by atoms with van der Waals surface area (Å²) < 4.78 is 14.2. The van der Waals surface area contributed by atoms with Gasteiger partial charge in [-0.15, -0.1) is 0 Å². The van der Waals surface area contributed by atoms with Crippen LogP contribution in [0.2, 0.25) is 0 Å². The van der Waals surface area contributed by atoms with Gasteiger partial charge < -0.3 is 4.90 Å². The van der Waals surface area contributed by atoms with Gasteiger partial charge in [-0.3, -0.25) is 9.69 Å². The molecule has 3 rings (SSSR count). The van der Waals surface area contributed by atoms with Crippen LogP contribution >= 0.6 is 0 Å². The Bertz CT molecular complexity index is 511. The minimum Gasteiger partial charge on any atom is -0.368 e. The minimum absolute atomic E-state index is 0.0909. The Morgan fingerprint density at radius 1 is 1.25 bits per heavy atom. The van der Waals surface area contributed by atoms with E-state index in [0.29, 0.717) is 17.3 Å². The fraction of sp³-hybridized carbons (Fsp3) is 0.562. The summed E-state index contributed by atoms with van der Waals surface area (Å²) in [6.45, 7) is 5.63. The Balaban J connectivity index is 1.72. The summed E-state index contributed by atoms with van der Waals surface area (Å²) in [5.74, 6) is -0.369. The lowest BCUT2D eigenvalue weighted by molar-refractivity contribution is 0.101. The zero-order chi connectivity index (χ0) is 14.1. The van der Waals surface area contributed by atoms with Crippen LogP contribution < -0.4 is 4.90 Å². The van der Waals surface area contributed by atoms with E-state index in [1.54, 1.807) is 12.1 Å². The van der Waals surface area contributed by atoms with Crippen LogP contribution in [-0.2, 0) is 0 Å². The molecule has 1 unspecified atom stereocenters. The molecule has 1 aromatic rings. The van der Waals surface area contributed by atoms with Crippen molar-refractivity contribution in [1.29, 1.82) is 0 Å². The zero-order valence-electron chi connectivity index (χ0n) is 11.9. The van der Waals surface area contributed by atoms with Gasteiger partial charge in [0.1, 0.15) is 5.82 Å². The van der Waals surface area contributed by atoms with E-state index < -0.39 is 0 Å². The molecule has 0 radical (unpaired) electrons. The van der Waals surface area contributed by atoms with Gasteiger partial charge in [0.2, 0.25) is 0 Å². The van der Waals surface area contributed by atoms with E-state index >= 15 is 0 Å². The number of halogens is 1. The number of Topliss-reactive ketones (excluding diaryl/α,β-unsaturated/α-hetero) is 1. The van der Waals surface area contributed by atoms with Crippen molar-refractivity contribution in [2.45, 2.75) is 32.2 Å². The lowest BCUT2D eigenvalue weighted by Crippen LogP contribution is -2.35. The van der Waals surface area contributed by atoms with Gasteiger partial charge in [0.25, 0.3) is 0 Å². The number of carbonyl (C=O) groups excluding carboxylic acids is 1. The van der Waals surface area contributed by atoms with Crippen LogP contribution in [0, 0.1) is 5.82 Å². The van der Waals surface area contributed by atoms with Gasteiger partial charge in [-0.05, 0) is 57.5 Å². The van der Waals surface area contributed by atoms with Crippen molar-refractivity contribution in [2.24, 2.45) is 0 Å². The standard InChI is InChI=1S/C16H21FN2O/c1-12(20)13-4-5-16(15(17)10-13)19-9-6-14(11-19)18-7-2-3-8-18/h4-5,10,14H,2-3,6-9,11H2,1H3. The molecule has 2 aliphatic rings. The Hall–Kier alpha value is -1.42. The molecule has 3 nitrogen and oxygen atoms in total. The smallest absolute Gasteiger partial charge is 0.159 e. The molecule has 20 heavy (non-hydrogen) atoms. The molecular formula is C16H21FN2O. The summed E-state index contributed by atoms with van der Waals surface area (Å²) in [6.07, 6.45) is 3.68. The fourth-order valence-corrected chi connectivity index (χ4v) is 3.35. The predicted molar refractivity (Wildman–Crippen MR) is 77.8 cm³/mol. The third kappa shape index (κ3) is 2.57. The predicted octanol–water partition coefficient (Wildman–Crippen LogP) is 2.70. The first-order valence-electron chi connectivity index (χ1n) is 7.44. The topological polar surface area (TPSA) is 23.6 Å². The van der Waals surface area contributed by atoms with E-state index in [1.807, 2.05) is 0 Å². The SMILES string of the molecule is CC(=O)c1ccc(N2CCC(N3CCCC3)C2)c(F)c1. The summed E-state index contributed by atoms with van der Waals surface area (Å²) in [6, 6.07) is 5.40. The van der Waals surface area contributed by atoms with Gasteiger partial charge in [0, 0.05) is 24.7 Å². The fourth-order valence-electron chi connectivity index (χ4n) is 3.35. The van der Waals surface area contributed by atoms with Crippen molar-refractivity contribution >= 4 is 11.5 Å². The average molecular weight is 276 g/mol. The van der Waals surface area contributed by atoms with E-state index in [1.165, 1.54) is 38.9 Å². The second kappa shape index (κ2) is 5.52. The monoisotopic (exact) mass is 276 g/mol. The molecule has 0 aliphatic carbocycles. The summed E-state index contributed by atoms with van der Waals surface area (Å²) in [5, 5.41) is 0. The van der Waals surface area contributed by atoms with Gasteiger partial charge in [0.15, 0.2) is 5.78 Å². The van der Waals surface area contributed by atoms with E-state index in [0.717, 1.165) is 19.5 Å². The number of carbonyl (C=O) groups is 1. The number of benzene rings is 1. The zero-order valence-corrected chi connectivity index (χ0v) is 11.9. The number of nitrogens with zero attached hydrogens (tertiary/aromatic N) is 2. The largest absolute Gasteiger partial charge is 0.368 e. The quantitative estimate of drug-likeness (QED) is 0.793. The highest BCUT2D eigenvalue weighted by molar-refractivity contribution is 5.94. The number of ketones is 1. The van der Waals surface area contributed by atoms with Crippen molar-refractivity contribution in [3.05, 3.63) is 29.6 Å². The summed E-state index contributed by atoms with van der Waals surface area (Å²) in [7, 11) is 0. The van der Waals surface area contributed by atoms with E-state index in [4.69, 9.17) is 0 Å². The summed E-state index contributed by atoms with van der Waals surface area (Å²) >= 11 is 0. The van der Waals surface area contributed by atoms with Crippen molar-refractivity contribution in [3.63, 3.8) is 0 Å². The molecule has 4 heteroatoms. The van der Waals surface area contributed by atoms with Crippen LogP contribution in [-0.4, -0.2) is 42.9 Å². The third-order valence-electron chi connectivity index (χ3n) is 4.52. The van der Waals surface area contributed by atoms with Crippen LogP contribution in [0.5, 0.6) is 0 Å². The molecule has 2 aliphatic heterocycles. The molecule has 0 aromatic heterocycles. The molecule has 0 N–H and O–H groups in total. The molecule has 1 atom stereocenters. The van der Waals surface area contributed by atoms with Crippen molar-refractivity contribution < 1.29 is 9.18 Å². The van der Waals surface area contributed by atoms with Gasteiger partial charge in [0.05, 0.1) is 5.69 Å². The highest BCUT2D eigenvalue weighted by Crippen LogP contribution is 2.27. The molecule has 0 saturated carbocycles. The van der Waals surface area contributed by atoms with Crippen LogP contribution in [0.15, 0.2) is 18.2 Å². The number of rotatable bonds is 3. The molecule has 2 fully saturated rings. The van der Waals surface area contributed by atoms with E-state index in [9.17, 15) is 9.18 Å². The van der Waals surface area contributed by atoms with Crippen molar-refractivity contribution in [2.75, 3.05) is 31.1 Å². The van der Waals surface area contributed by atoms with Gasteiger partial charge >= 0.3 is 0 Å². The molecule has 2 saturated heterocycles. The normalized spacial score (nSPS) is 23.5. The van der Waals surface area contributed by atoms with Crippen LogP contribution in [0.25, 0.3) is 0 Å². The van der Waals surface area contributed by atoms with Gasteiger partial charge in [-0.2, -0.15) is 0 Å². The maximum atomic E-state index is 14.2. The number of hydrogen-bond donors (Lipinski definition) is 0. The second-order valence-electron chi connectivity index (χ2n) is 5.85. The van der Waals surface area contributed by atoms with Crippen LogP contribution in [0.1, 0.15) is 36.5 Å². The van der Waals surface area contributed by atoms with E-state index in [2.05, 4.69) is 9.80 Å². The van der Waals surface area contributed by atoms with E-state index in [-0.39, 0.29) is 11.6 Å². The molecule has 0 amide bonds. The first-order valence-corrected chi connectivity index (χ1v) is 7.44. The van der Waals surface area contributed by atoms with Crippen LogP contribution in [0.4, 0.5) is 10.1 Å². The Kier molecular flexibility index (Phi) is 3.74. The lowest BCUT2D eigenvalue weighted by Gasteiger charge is -2.24. The first-order chi connectivity index (χ1) is 9.65. The summed E-state index contributed by atoms with van der Waals surface area (Å²) in [4.78, 5) is 15.9. The van der Waals surface area contributed by atoms with Crippen LogP contribution in [0.3, 0.4) is 0 Å². The lowest BCUT2D eigenvalue weighted by atomic mass is 10.1. The minimum atomic E-state index is -0.278. The molecule has 1 aromatic carbocycles. The molecule has 0 bridgehead atoms. The molecule has 0 spiro atoms. The highest BCUT2D eigenvalue weighted by atomic mass is 19.1. The first kappa shape index (κ1) is 13.6. The summed E-state index contributed by atoms with van der Waals surface area (Å²) in [5.41, 5.74) is 1.08. The molecule has 108 valence electrons. The number of anilines is 1. The molecule has 2 heterocycles. The number of hydrogen-bond acceptors (Lipinski definition) is 3. The average Bonchev–Trinajstić information content (AvgIpc) is 3.09. The maximum absolute atomic E-state index is 14.2. The highest BCUT2D eigenvalue weighted by Gasteiger charge is 2.30. The van der Waals surface area contributed by atoms with Gasteiger partial charge in [-0.25, -0.2) is 4.39 Å². The Labute approximate surface area is 119 Å². The molecular weight excluding hydrogens is 255 g/mol. The van der Waals surface area contributed by atoms with Crippen molar-refractivity contribution in [1.82, 2.24) is 4.90 Å². The number of likely N-dealkylation sites (tertiary alicyclic amines) is 1. The maximum Gasteiger partial charge on any atom is 0.159 e. The van der Waals surface area contributed by atoms with Crippen molar-refractivity contribution in [3.8, 4) is 0 Å². The Morgan fingerprint density at radius 3 is 2.65 bits per heavy atom. The third-order valence-corrected chi connectivity index (χ3v) is 4.52.